The second-order valence-electron chi connectivity index (χ2n) is 15.3. The second-order valence-corrected chi connectivity index (χ2v) is 17.3. The molecule has 61 heavy (non-hydrogen) atoms. The summed E-state index contributed by atoms with van der Waals surface area (Å²) < 4.78 is 68.2. The van der Waals surface area contributed by atoms with Crippen molar-refractivity contribution in [3.05, 3.63) is 102 Å². The van der Waals surface area contributed by atoms with Gasteiger partial charge in [-0.05, 0) is 79.4 Å². The Balaban J connectivity index is 1.05. The minimum Gasteiger partial charge on any atom is -0.496 e. The van der Waals surface area contributed by atoms with E-state index < -0.39 is 34.0 Å². The highest BCUT2D eigenvalue weighted by atomic mass is 32.2. The van der Waals surface area contributed by atoms with Gasteiger partial charge in [0.05, 0.1) is 48.8 Å². The van der Waals surface area contributed by atoms with Gasteiger partial charge in [0.2, 0.25) is 16.0 Å². The molecule has 17 heteroatoms. The Labute approximate surface area is 354 Å². The lowest BCUT2D eigenvalue weighted by Crippen LogP contribution is -2.54. The lowest BCUT2D eigenvalue weighted by molar-refractivity contribution is 0.0918. The van der Waals surface area contributed by atoms with E-state index in [1.54, 1.807) is 41.9 Å². The van der Waals surface area contributed by atoms with E-state index in [1.807, 2.05) is 28.8 Å². The Morgan fingerprint density at radius 3 is 2.43 bits per heavy atom. The molecule has 3 aliphatic rings. The minimum atomic E-state index is -3.17. The number of hydrogen-bond donors (Lipinski definition) is 2. The third-order valence-corrected chi connectivity index (χ3v) is 13.0. The molecule has 320 valence electrons. The van der Waals surface area contributed by atoms with E-state index >= 15 is 0 Å². The number of carbonyl (C=O) groups excluding carboxylic acids is 1. The smallest absolute Gasteiger partial charge is 0.255 e. The molecule has 2 unspecified atom stereocenters. The summed E-state index contributed by atoms with van der Waals surface area (Å²) >= 11 is 0. The zero-order chi connectivity index (χ0) is 42.8. The van der Waals surface area contributed by atoms with Crippen LogP contribution in [0.1, 0.15) is 35.7 Å². The van der Waals surface area contributed by atoms with Crippen LogP contribution < -0.4 is 25.0 Å². The van der Waals surface area contributed by atoms with Gasteiger partial charge in [-0.1, -0.05) is 19.1 Å². The van der Waals surface area contributed by atoms with Crippen molar-refractivity contribution in [2.24, 2.45) is 0 Å². The number of nitrogens with one attached hydrogen (secondary N) is 2. The number of allylic oxidation sites excluding steroid dienone is 2. The van der Waals surface area contributed by atoms with Crippen molar-refractivity contribution in [1.82, 2.24) is 33.9 Å². The number of methoxy groups -OCH3 is 2. The number of carbonyl (C=O) groups is 1. The van der Waals surface area contributed by atoms with E-state index in [-0.39, 0.29) is 11.3 Å². The molecule has 0 saturated carbocycles. The van der Waals surface area contributed by atoms with Gasteiger partial charge in [0.1, 0.15) is 35.2 Å². The molecular formula is C44H49F2N9O5S. The standard InChI is InChI=1S/C44H49F2N9O5S/c1-5-28-26-35(38(60-3)27-36(28)53-19-15-30(16-20-53)52-21-23-54(24-22-52)61(4,57)58)49-44-47-17-14-34(48-44)42-40(50-39-11-6-7-18-55(39)42)29-12-13-37(59-2)31(25-29)43(56)51-41-32(45)9-8-10-33(41)46/h6-14,17-18,25-27,30,32,41H,5,15-16,19-24H2,1-4H3,(H,51,56)(H,47,48,49). The summed E-state index contributed by atoms with van der Waals surface area (Å²) in [7, 11) is -0.113. The molecular weight excluding hydrogens is 805 g/mol. The van der Waals surface area contributed by atoms with Crippen molar-refractivity contribution in [1.29, 1.82) is 0 Å². The van der Waals surface area contributed by atoms with Crippen LogP contribution in [0.5, 0.6) is 11.5 Å². The number of nitrogens with zero attached hydrogens (tertiary/aromatic N) is 7. The molecule has 0 bridgehead atoms. The van der Waals surface area contributed by atoms with Crippen LogP contribution in [-0.2, 0) is 16.4 Å². The average molecular weight is 854 g/mol. The number of imidazole rings is 1. The van der Waals surface area contributed by atoms with Gasteiger partial charge in [-0.3, -0.25) is 14.1 Å². The molecule has 3 aromatic heterocycles. The number of aryl methyl sites for hydroxylation is 1. The zero-order valence-electron chi connectivity index (χ0n) is 34.5. The van der Waals surface area contributed by atoms with Crippen LogP contribution in [0, 0.1) is 0 Å². The topological polar surface area (TPSA) is 147 Å². The number of pyridine rings is 1. The maximum Gasteiger partial charge on any atom is 0.255 e. The first kappa shape index (κ1) is 41.8. The number of rotatable bonds is 12. The van der Waals surface area contributed by atoms with Gasteiger partial charge in [0.25, 0.3) is 5.91 Å². The summed E-state index contributed by atoms with van der Waals surface area (Å²) in [5.74, 6) is -0.303. The Bertz CT molecular complexity index is 2600. The van der Waals surface area contributed by atoms with Gasteiger partial charge in [-0.25, -0.2) is 32.2 Å². The van der Waals surface area contributed by atoms with Crippen LogP contribution in [0.15, 0.2) is 91.0 Å². The summed E-state index contributed by atoms with van der Waals surface area (Å²) in [6.07, 6.45) is 9.42. The van der Waals surface area contributed by atoms with E-state index in [0.717, 1.165) is 62.8 Å². The third kappa shape index (κ3) is 8.67. The summed E-state index contributed by atoms with van der Waals surface area (Å²) in [5.41, 5.74) is 5.92. The van der Waals surface area contributed by atoms with Gasteiger partial charge in [0, 0.05) is 75.0 Å². The predicted octanol–water partition coefficient (Wildman–Crippen LogP) is 6.19. The van der Waals surface area contributed by atoms with Gasteiger partial charge in [0.15, 0.2) is 0 Å². The van der Waals surface area contributed by atoms with Crippen LogP contribution in [0.25, 0.3) is 28.3 Å². The molecule has 2 atom stereocenters. The molecule has 2 saturated heterocycles. The van der Waals surface area contributed by atoms with Crippen LogP contribution in [-0.4, -0.2) is 121 Å². The minimum absolute atomic E-state index is 0.0826. The molecule has 8 rings (SSSR count). The fourth-order valence-corrected chi connectivity index (χ4v) is 9.29. The number of alkyl halides is 1. The maximum absolute atomic E-state index is 14.6. The molecule has 2 aromatic carbocycles. The van der Waals surface area contributed by atoms with Crippen LogP contribution in [0.4, 0.5) is 26.1 Å². The molecule has 1 amide bonds. The fourth-order valence-electron chi connectivity index (χ4n) is 8.46. The quantitative estimate of drug-likeness (QED) is 0.148. The van der Waals surface area contributed by atoms with Crippen LogP contribution in [0.2, 0.25) is 0 Å². The van der Waals surface area contributed by atoms with Crippen molar-refractivity contribution in [2.75, 3.05) is 70.0 Å². The number of halogens is 2. The van der Waals surface area contributed by atoms with E-state index in [2.05, 4.69) is 44.5 Å². The monoisotopic (exact) mass is 853 g/mol. The summed E-state index contributed by atoms with van der Waals surface area (Å²) in [5, 5.41) is 5.87. The SMILES string of the molecule is CCc1cc(Nc2nccc(-c3c(-c4ccc(OC)c(C(=O)NC5C(F)=CC=CC5F)c4)nc4ccccn34)n2)c(OC)cc1N1CCC(N2CCN(S(C)(=O)=O)CC2)CC1. The number of fused-ring (bicyclic) bond motifs is 1. The number of hydrogen-bond acceptors (Lipinski definition) is 11. The first-order chi connectivity index (χ1) is 29.4. The maximum atomic E-state index is 14.6. The number of piperazine rings is 1. The first-order valence-corrected chi connectivity index (χ1v) is 22.2. The first-order valence-electron chi connectivity index (χ1n) is 20.4. The number of piperidine rings is 1. The number of anilines is 3. The van der Waals surface area contributed by atoms with E-state index in [9.17, 15) is 22.0 Å². The van der Waals surface area contributed by atoms with E-state index in [1.165, 1.54) is 25.5 Å². The lowest BCUT2D eigenvalue weighted by atomic mass is 9.99. The molecule has 0 radical (unpaired) electrons. The molecule has 1 aliphatic carbocycles. The van der Waals surface area contributed by atoms with E-state index in [4.69, 9.17) is 19.4 Å². The highest BCUT2D eigenvalue weighted by Gasteiger charge is 2.32. The van der Waals surface area contributed by atoms with Crippen molar-refractivity contribution >= 4 is 38.9 Å². The fraction of sp³-hybridized carbons (Fsp3) is 0.364. The molecule has 0 spiro atoms. The van der Waals surface area contributed by atoms with Crippen LogP contribution in [0.3, 0.4) is 0 Å². The lowest BCUT2D eigenvalue weighted by Gasteiger charge is -2.43. The Morgan fingerprint density at radius 2 is 1.72 bits per heavy atom. The summed E-state index contributed by atoms with van der Waals surface area (Å²) in [4.78, 5) is 32.9. The summed E-state index contributed by atoms with van der Waals surface area (Å²) in [6, 6.07) is 15.5. The Hall–Kier alpha value is -5.91. The van der Waals surface area contributed by atoms with Gasteiger partial charge >= 0.3 is 0 Å². The molecule has 5 heterocycles. The van der Waals surface area contributed by atoms with Crippen molar-refractivity contribution in [2.45, 2.75) is 44.4 Å². The van der Waals surface area contributed by atoms with E-state index in [0.29, 0.717) is 64.8 Å². The van der Waals surface area contributed by atoms with Crippen molar-refractivity contribution < 1.29 is 31.5 Å². The van der Waals surface area contributed by atoms with Crippen molar-refractivity contribution in [3.63, 3.8) is 0 Å². The van der Waals surface area contributed by atoms with Gasteiger partial charge < -0.3 is 25.0 Å². The average Bonchev–Trinajstić information content (AvgIpc) is 3.67. The number of sulfonamides is 1. The van der Waals surface area contributed by atoms with Gasteiger partial charge in [-0.15, -0.1) is 0 Å². The second kappa shape index (κ2) is 17.6. The molecule has 2 N–H and O–H groups in total. The number of aromatic nitrogens is 4. The molecule has 14 nitrogen and oxygen atoms in total. The van der Waals surface area contributed by atoms with Gasteiger partial charge in [-0.2, -0.15) is 4.31 Å². The molecule has 5 aromatic rings. The molecule has 2 fully saturated rings. The highest BCUT2D eigenvalue weighted by Crippen LogP contribution is 2.38. The third-order valence-electron chi connectivity index (χ3n) is 11.7. The highest BCUT2D eigenvalue weighted by molar-refractivity contribution is 7.88. The largest absolute Gasteiger partial charge is 0.496 e. The predicted molar refractivity (Wildman–Crippen MR) is 232 cm³/mol. The number of amides is 1. The normalized spacial score (nSPS) is 19.2. The Kier molecular flexibility index (Phi) is 12.1. The number of benzene rings is 2. The summed E-state index contributed by atoms with van der Waals surface area (Å²) in [6.45, 7) is 6.44. The zero-order valence-corrected chi connectivity index (χ0v) is 35.3. The van der Waals surface area contributed by atoms with Crippen LogP contribution >= 0.6 is 0 Å². The van der Waals surface area contributed by atoms with Crippen molar-refractivity contribution in [3.8, 4) is 34.1 Å². The number of ether oxygens (including phenoxy) is 2. The Morgan fingerprint density at radius 1 is 0.951 bits per heavy atom. The molecule has 2 aliphatic heterocycles.